The molecule has 3 aliphatic rings. The number of aromatic hydroxyl groups is 1. The lowest BCUT2D eigenvalue weighted by atomic mass is 9.56. The molecule has 1 heterocycles. The average molecular weight is 555 g/mol. The Kier molecular flexibility index (Phi) is 6.52. The van der Waals surface area contributed by atoms with Crippen molar-refractivity contribution in [2.75, 3.05) is 19.4 Å². The van der Waals surface area contributed by atoms with E-state index in [4.69, 9.17) is 5.73 Å². The predicted molar refractivity (Wildman–Crippen MR) is 144 cm³/mol. The zero-order chi connectivity index (χ0) is 28.5. The highest BCUT2D eigenvalue weighted by Gasteiger charge is 2.60. The van der Waals surface area contributed by atoms with Gasteiger partial charge in [-0.1, -0.05) is 19.9 Å². The molecule has 2 aromatic rings. The van der Waals surface area contributed by atoms with Crippen molar-refractivity contribution in [2.45, 2.75) is 38.3 Å². The number of phenols is 1. The monoisotopic (exact) mass is 554 g/mol. The number of nitrogens with zero attached hydrogens (tertiary/aromatic N) is 2. The van der Waals surface area contributed by atoms with Gasteiger partial charge in [-0.25, -0.2) is 4.98 Å². The van der Waals surface area contributed by atoms with Crippen molar-refractivity contribution in [1.82, 2.24) is 9.88 Å². The molecule has 0 saturated heterocycles. The van der Waals surface area contributed by atoms with E-state index in [0.29, 0.717) is 10.7 Å². The number of amides is 1. The second-order valence-corrected chi connectivity index (χ2v) is 11.3. The Bertz CT molecular complexity index is 1480. The second-order valence-electron chi connectivity index (χ2n) is 10.4. The molecule has 11 nitrogen and oxygen atoms in total. The number of nitrogens with two attached hydrogens (primary N) is 1. The number of primary amides is 1. The molecule has 0 aliphatic heterocycles. The van der Waals surface area contributed by atoms with Gasteiger partial charge in [-0.3, -0.25) is 19.3 Å². The molecule has 5 rings (SSSR count). The first-order chi connectivity index (χ1) is 18.4. The number of rotatable bonds is 5. The van der Waals surface area contributed by atoms with Crippen LogP contribution in [0.25, 0.3) is 5.76 Å². The number of nitrogens with one attached hydrogen (secondary N) is 1. The normalized spacial score (nSPS) is 28.4. The lowest BCUT2D eigenvalue weighted by molar-refractivity contribution is -0.143. The standard InChI is InChI=1S/C27H30N4O7S/c1-5-10-8-39-27(29-10)30-12-7-6-11-9(2)13-16(22(34)14(11)20(12)32)23(35)17-15(21(13)33)19(31(3)4)25(37)18(24(17)36)26(28)38/h6-9,13,15,17,19,21,32-34,37H,5H2,1-4H3,(H2,28,38)(H,29,30)/t9-,13?,15?,17?,19-,21-/m0/s1. The molecule has 1 fully saturated rings. The summed E-state index contributed by atoms with van der Waals surface area (Å²) in [6, 6.07) is 2.29. The number of likely N-dealkylation sites (N-methyl/N-ethyl adjacent to an activating group) is 1. The van der Waals surface area contributed by atoms with Crippen molar-refractivity contribution in [3.05, 3.63) is 51.2 Å². The van der Waals surface area contributed by atoms with Crippen LogP contribution in [0.2, 0.25) is 0 Å². The van der Waals surface area contributed by atoms with Crippen LogP contribution in [-0.4, -0.2) is 74.0 Å². The van der Waals surface area contributed by atoms with E-state index in [2.05, 4.69) is 10.3 Å². The minimum absolute atomic E-state index is 0.0194. The minimum atomic E-state index is -1.56. The Morgan fingerprint density at radius 1 is 1.18 bits per heavy atom. The number of aromatic nitrogens is 1. The van der Waals surface area contributed by atoms with Gasteiger partial charge >= 0.3 is 0 Å². The number of aryl methyl sites for hydroxylation is 1. The molecule has 3 aliphatic carbocycles. The average Bonchev–Trinajstić information content (AvgIpc) is 3.32. The fourth-order valence-electron chi connectivity index (χ4n) is 6.35. The van der Waals surface area contributed by atoms with Crippen molar-refractivity contribution >= 4 is 45.4 Å². The van der Waals surface area contributed by atoms with E-state index in [1.165, 1.54) is 16.2 Å². The summed E-state index contributed by atoms with van der Waals surface area (Å²) >= 11 is 1.35. The molecular weight excluding hydrogens is 524 g/mol. The van der Waals surface area contributed by atoms with Gasteiger partial charge in [-0.2, -0.15) is 0 Å². The largest absolute Gasteiger partial charge is 0.510 e. The number of hydrogen-bond donors (Lipinski definition) is 6. The van der Waals surface area contributed by atoms with E-state index in [-0.39, 0.29) is 22.6 Å². The third kappa shape index (κ3) is 3.85. The Morgan fingerprint density at radius 2 is 1.87 bits per heavy atom. The van der Waals surface area contributed by atoms with Crippen LogP contribution in [-0.2, 0) is 20.8 Å². The summed E-state index contributed by atoms with van der Waals surface area (Å²) < 4.78 is 0. The molecule has 0 radical (unpaired) electrons. The number of phenolic OH excluding ortho intramolecular Hbond substituents is 1. The van der Waals surface area contributed by atoms with E-state index in [9.17, 15) is 34.8 Å². The highest BCUT2D eigenvalue weighted by molar-refractivity contribution is 7.13. The van der Waals surface area contributed by atoms with Gasteiger partial charge in [-0.05, 0) is 38.1 Å². The third-order valence-corrected chi connectivity index (χ3v) is 8.95. The fourth-order valence-corrected chi connectivity index (χ4v) is 7.16. The van der Waals surface area contributed by atoms with Crippen LogP contribution < -0.4 is 11.1 Å². The van der Waals surface area contributed by atoms with Crippen LogP contribution in [0.4, 0.5) is 10.8 Å². The van der Waals surface area contributed by atoms with Crippen LogP contribution in [0, 0.1) is 17.8 Å². The van der Waals surface area contributed by atoms with Crippen LogP contribution >= 0.6 is 11.3 Å². The van der Waals surface area contributed by atoms with E-state index < -0.39 is 70.4 Å². The van der Waals surface area contributed by atoms with Crippen molar-refractivity contribution in [3.8, 4) is 5.75 Å². The number of benzene rings is 1. The number of carbonyl (C=O) groups excluding carboxylic acids is 3. The number of anilines is 2. The van der Waals surface area contributed by atoms with Crippen LogP contribution in [0.1, 0.15) is 36.6 Å². The zero-order valence-corrected chi connectivity index (χ0v) is 22.6. The van der Waals surface area contributed by atoms with Crippen molar-refractivity contribution in [2.24, 2.45) is 23.5 Å². The summed E-state index contributed by atoms with van der Waals surface area (Å²) in [6.07, 6.45) is -0.617. The molecule has 12 heteroatoms. The molecule has 39 heavy (non-hydrogen) atoms. The number of Topliss-reactive ketones (excluding diaryl/α,β-unsaturated/α-hetero) is 2. The molecule has 1 amide bonds. The highest BCUT2D eigenvalue weighted by atomic mass is 32.1. The van der Waals surface area contributed by atoms with Gasteiger partial charge in [0, 0.05) is 22.8 Å². The van der Waals surface area contributed by atoms with Crippen LogP contribution in [0.5, 0.6) is 5.75 Å². The molecule has 0 spiro atoms. The lowest BCUT2D eigenvalue weighted by Crippen LogP contribution is -2.61. The summed E-state index contributed by atoms with van der Waals surface area (Å²) in [4.78, 5) is 45.4. The van der Waals surface area contributed by atoms with Crippen LogP contribution in [0.3, 0.4) is 0 Å². The first kappa shape index (κ1) is 26.9. The Labute approximate surface area is 228 Å². The maximum Gasteiger partial charge on any atom is 0.255 e. The summed E-state index contributed by atoms with van der Waals surface area (Å²) in [7, 11) is 3.18. The zero-order valence-electron chi connectivity index (χ0n) is 21.8. The maximum absolute atomic E-state index is 14.0. The molecule has 206 valence electrons. The van der Waals surface area contributed by atoms with E-state index in [1.807, 2.05) is 12.3 Å². The highest BCUT2D eigenvalue weighted by Crippen LogP contribution is 2.55. The van der Waals surface area contributed by atoms with Crippen molar-refractivity contribution in [1.29, 1.82) is 0 Å². The molecule has 0 bridgehead atoms. The lowest BCUT2D eigenvalue weighted by Gasteiger charge is -2.50. The smallest absolute Gasteiger partial charge is 0.255 e. The van der Waals surface area contributed by atoms with Gasteiger partial charge in [0.1, 0.15) is 22.8 Å². The number of fused-ring (bicyclic) bond motifs is 3. The molecule has 1 saturated carbocycles. The van der Waals surface area contributed by atoms with E-state index >= 15 is 0 Å². The number of ketones is 2. The van der Waals surface area contributed by atoms with Gasteiger partial charge in [0.25, 0.3) is 5.91 Å². The minimum Gasteiger partial charge on any atom is -0.510 e. The molecule has 7 N–H and O–H groups in total. The molecular formula is C27H30N4O7S. The molecule has 3 unspecified atom stereocenters. The Balaban J connectivity index is 1.65. The summed E-state index contributed by atoms with van der Waals surface area (Å²) in [5, 5.41) is 50.6. The van der Waals surface area contributed by atoms with Crippen molar-refractivity contribution < 1.29 is 34.8 Å². The second kappa shape index (κ2) is 9.47. The summed E-state index contributed by atoms with van der Waals surface area (Å²) in [5.41, 5.74) is 6.16. The third-order valence-electron chi connectivity index (χ3n) is 8.15. The Hall–Kier alpha value is -3.74. The van der Waals surface area contributed by atoms with Gasteiger partial charge in [0.2, 0.25) is 0 Å². The maximum atomic E-state index is 14.0. The number of aliphatic hydroxyl groups is 3. The van der Waals surface area contributed by atoms with E-state index in [0.717, 1.165) is 12.1 Å². The van der Waals surface area contributed by atoms with Gasteiger partial charge in [-0.15, -0.1) is 11.3 Å². The van der Waals surface area contributed by atoms with Gasteiger partial charge < -0.3 is 31.5 Å². The number of thiazole rings is 1. The predicted octanol–water partition coefficient (Wildman–Crippen LogP) is 2.14. The summed E-state index contributed by atoms with van der Waals surface area (Å²) in [6.45, 7) is 3.73. The van der Waals surface area contributed by atoms with Gasteiger partial charge in [0.05, 0.1) is 35.0 Å². The van der Waals surface area contributed by atoms with Crippen molar-refractivity contribution in [3.63, 3.8) is 0 Å². The number of aliphatic hydroxyl groups excluding tert-OH is 3. The van der Waals surface area contributed by atoms with Crippen LogP contribution in [0.15, 0.2) is 34.4 Å². The number of hydrogen-bond acceptors (Lipinski definition) is 11. The molecule has 1 aromatic heterocycles. The SMILES string of the molecule is CCc1csc(Nc2ccc3c(c2O)C(O)=C2C(=O)C4C(=O)C(C(N)=O)=C(O)[C@@H](N(C)C)C4[C@@H](O)C2[C@H]3C)n1. The fraction of sp³-hybridized carbons (Fsp3) is 0.407. The quantitative estimate of drug-likeness (QED) is 0.182. The van der Waals surface area contributed by atoms with E-state index in [1.54, 1.807) is 33.2 Å². The first-order valence-electron chi connectivity index (χ1n) is 12.6. The first-order valence-corrected chi connectivity index (χ1v) is 13.4. The molecule has 6 atom stereocenters. The topological polar surface area (TPSA) is 186 Å². The summed E-state index contributed by atoms with van der Waals surface area (Å²) in [5.74, 6) is -8.55. The number of carbonyl (C=O) groups is 3. The Morgan fingerprint density at radius 3 is 2.46 bits per heavy atom. The molecule has 1 aromatic carbocycles. The van der Waals surface area contributed by atoms with Gasteiger partial charge in [0.15, 0.2) is 16.7 Å².